The Morgan fingerprint density at radius 2 is 1.32 bits per heavy atom. The molecule has 1 heterocycles. The molecule has 1 aliphatic heterocycles. The van der Waals surface area contributed by atoms with Crippen molar-refractivity contribution in [3.63, 3.8) is 0 Å². The van der Waals surface area contributed by atoms with Crippen LogP contribution in [0.25, 0.3) is 0 Å². The predicted molar refractivity (Wildman–Crippen MR) is 113 cm³/mol. The van der Waals surface area contributed by atoms with E-state index in [1.54, 1.807) is 0 Å². The molecule has 4 nitrogen and oxygen atoms in total. The molecule has 0 spiro atoms. The van der Waals surface area contributed by atoms with Gasteiger partial charge in [-0.15, -0.1) is 0 Å². The quantitative estimate of drug-likeness (QED) is 0.342. The summed E-state index contributed by atoms with van der Waals surface area (Å²) in [5.41, 5.74) is 0. The summed E-state index contributed by atoms with van der Waals surface area (Å²) in [6.07, 6.45) is 8.39. The third-order valence-corrected chi connectivity index (χ3v) is 7.99. The van der Waals surface area contributed by atoms with Crippen molar-refractivity contribution in [3.05, 3.63) is 0 Å². The highest BCUT2D eigenvalue weighted by Gasteiger charge is 2.20. The largest absolute Gasteiger partial charge is 0.418 e. The molecule has 1 aliphatic rings. The monoisotopic (exact) mass is 371 g/mol. The SMILES string of the molecule is CCO[Si](C)(C)CCCCCCCCN1CCN(CCN(C)C)CC1. The van der Waals surface area contributed by atoms with E-state index in [9.17, 15) is 0 Å². The van der Waals surface area contributed by atoms with Crippen LogP contribution in [0, 0.1) is 0 Å². The van der Waals surface area contributed by atoms with Crippen LogP contribution in [0.15, 0.2) is 0 Å². The Morgan fingerprint density at radius 1 is 0.800 bits per heavy atom. The molecule has 0 N–H and O–H groups in total. The maximum Gasteiger partial charge on any atom is 0.186 e. The molecule has 0 radical (unpaired) electrons. The molecule has 1 rings (SSSR count). The van der Waals surface area contributed by atoms with E-state index < -0.39 is 8.32 Å². The molecular weight excluding hydrogens is 326 g/mol. The van der Waals surface area contributed by atoms with E-state index in [0.717, 1.165) is 6.61 Å². The van der Waals surface area contributed by atoms with Gasteiger partial charge in [-0.1, -0.05) is 32.1 Å². The van der Waals surface area contributed by atoms with Crippen LogP contribution in [0.5, 0.6) is 0 Å². The highest BCUT2D eigenvalue weighted by atomic mass is 28.4. The zero-order chi connectivity index (χ0) is 18.5. The first-order valence-corrected chi connectivity index (χ1v) is 13.8. The average Bonchev–Trinajstić information content (AvgIpc) is 2.56. The number of hydrogen-bond donors (Lipinski definition) is 0. The van der Waals surface area contributed by atoms with Crippen molar-refractivity contribution < 1.29 is 4.43 Å². The van der Waals surface area contributed by atoms with Gasteiger partial charge in [-0.05, 0) is 53.1 Å². The molecule has 150 valence electrons. The molecule has 0 aliphatic carbocycles. The fourth-order valence-electron chi connectivity index (χ4n) is 3.63. The summed E-state index contributed by atoms with van der Waals surface area (Å²) < 4.78 is 5.90. The molecule has 0 aromatic carbocycles. The van der Waals surface area contributed by atoms with Crippen LogP contribution in [0.3, 0.4) is 0 Å². The van der Waals surface area contributed by atoms with Gasteiger partial charge in [0.2, 0.25) is 0 Å². The minimum Gasteiger partial charge on any atom is -0.418 e. The minimum atomic E-state index is -1.33. The third-order valence-electron chi connectivity index (χ3n) is 5.37. The van der Waals surface area contributed by atoms with E-state index in [4.69, 9.17) is 4.43 Å². The van der Waals surface area contributed by atoms with Crippen LogP contribution in [-0.4, -0.2) is 89.5 Å². The fourth-order valence-corrected chi connectivity index (χ4v) is 5.66. The van der Waals surface area contributed by atoms with E-state index in [2.05, 4.69) is 48.8 Å². The Balaban J connectivity index is 1.91. The Bertz CT molecular complexity index is 318. The zero-order valence-corrected chi connectivity index (χ0v) is 18.9. The summed E-state index contributed by atoms with van der Waals surface area (Å²) in [4.78, 5) is 7.57. The number of likely N-dealkylation sites (N-methyl/N-ethyl adjacent to an activating group) is 1. The van der Waals surface area contributed by atoms with E-state index in [-0.39, 0.29) is 0 Å². The van der Waals surface area contributed by atoms with Crippen molar-refractivity contribution in [2.24, 2.45) is 0 Å². The van der Waals surface area contributed by atoms with Crippen LogP contribution >= 0.6 is 0 Å². The molecule has 1 saturated heterocycles. The van der Waals surface area contributed by atoms with Crippen molar-refractivity contribution in [1.82, 2.24) is 14.7 Å². The highest BCUT2D eigenvalue weighted by Crippen LogP contribution is 2.17. The Kier molecular flexibility index (Phi) is 12.3. The third kappa shape index (κ3) is 12.1. The predicted octanol–water partition coefficient (Wildman–Crippen LogP) is 3.75. The first-order chi connectivity index (χ1) is 11.9. The molecule has 0 saturated carbocycles. The molecule has 1 fully saturated rings. The summed E-state index contributed by atoms with van der Waals surface area (Å²) in [5, 5.41) is 0. The van der Waals surface area contributed by atoms with Crippen LogP contribution in [-0.2, 0) is 4.43 Å². The van der Waals surface area contributed by atoms with Crippen molar-refractivity contribution in [3.8, 4) is 0 Å². The van der Waals surface area contributed by atoms with E-state index in [1.807, 2.05) is 0 Å². The van der Waals surface area contributed by atoms with Gasteiger partial charge in [-0.2, -0.15) is 0 Å². The van der Waals surface area contributed by atoms with Gasteiger partial charge in [0.05, 0.1) is 0 Å². The highest BCUT2D eigenvalue weighted by molar-refractivity contribution is 6.71. The van der Waals surface area contributed by atoms with Gasteiger partial charge in [0.15, 0.2) is 8.32 Å². The van der Waals surface area contributed by atoms with Crippen LogP contribution < -0.4 is 0 Å². The maximum atomic E-state index is 5.90. The average molecular weight is 372 g/mol. The second-order valence-electron chi connectivity index (χ2n) is 8.55. The lowest BCUT2D eigenvalue weighted by Gasteiger charge is -2.35. The maximum absolute atomic E-state index is 5.90. The summed E-state index contributed by atoms with van der Waals surface area (Å²) in [7, 11) is 3.00. The van der Waals surface area contributed by atoms with Crippen molar-refractivity contribution >= 4 is 8.32 Å². The van der Waals surface area contributed by atoms with Gasteiger partial charge < -0.3 is 14.2 Å². The first-order valence-electron chi connectivity index (χ1n) is 10.7. The molecule has 0 atom stereocenters. The Hall–Kier alpha value is 0.0569. The normalized spacial score (nSPS) is 17.5. The fraction of sp³-hybridized carbons (Fsp3) is 1.00. The first kappa shape index (κ1) is 23.1. The minimum absolute atomic E-state index is 0.892. The van der Waals surface area contributed by atoms with Crippen LogP contribution in [0.2, 0.25) is 19.1 Å². The van der Waals surface area contributed by atoms with Gasteiger partial charge in [0.1, 0.15) is 0 Å². The second-order valence-corrected chi connectivity index (χ2v) is 12.9. The number of hydrogen-bond acceptors (Lipinski definition) is 4. The summed E-state index contributed by atoms with van der Waals surface area (Å²) in [5.74, 6) is 0. The molecule has 5 heteroatoms. The van der Waals surface area contributed by atoms with Crippen molar-refractivity contribution in [2.75, 3.05) is 66.5 Å². The van der Waals surface area contributed by atoms with Crippen LogP contribution in [0.1, 0.15) is 45.4 Å². The summed E-state index contributed by atoms with van der Waals surface area (Å²) in [6, 6.07) is 1.33. The molecule has 0 amide bonds. The lowest BCUT2D eigenvalue weighted by atomic mass is 10.1. The van der Waals surface area contributed by atoms with Gasteiger partial charge in [0.25, 0.3) is 0 Å². The lowest BCUT2D eigenvalue weighted by Crippen LogP contribution is -2.48. The summed E-state index contributed by atoms with van der Waals surface area (Å²) in [6.45, 7) is 16.5. The lowest BCUT2D eigenvalue weighted by molar-refractivity contribution is 0.124. The smallest absolute Gasteiger partial charge is 0.186 e. The van der Waals surface area contributed by atoms with Gasteiger partial charge in [-0.3, -0.25) is 4.90 Å². The number of rotatable bonds is 14. The topological polar surface area (TPSA) is 19.0 Å². The second kappa shape index (κ2) is 13.3. The number of piperazine rings is 1. The van der Waals surface area contributed by atoms with E-state index in [1.165, 1.54) is 90.4 Å². The van der Waals surface area contributed by atoms with Gasteiger partial charge >= 0.3 is 0 Å². The zero-order valence-electron chi connectivity index (χ0n) is 17.9. The Morgan fingerprint density at radius 3 is 1.88 bits per heavy atom. The van der Waals surface area contributed by atoms with E-state index in [0.29, 0.717) is 0 Å². The molecular formula is C20H45N3OSi. The standard InChI is InChI=1S/C20H45N3OSi/c1-6-24-25(4,5)20-12-10-8-7-9-11-13-22-16-18-23(19-17-22)15-14-21(2)3/h6-20H2,1-5H3. The molecule has 0 bridgehead atoms. The Labute approximate surface area is 159 Å². The van der Waals surface area contributed by atoms with Gasteiger partial charge in [0, 0.05) is 45.9 Å². The molecule has 25 heavy (non-hydrogen) atoms. The van der Waals surface area contributed by atoms with Crippen molar-refractivity contribution in [2.45, 2.75) is 64.6 Å². The molecule has 0 aromatic rings. The van der Waals surface area contributed by atoms with E-state index >= 15 is 0 Å². The van der Waals surface area contributed by atoms with Crippen molar-refractivity contribution in [1.29, 1.82) is 0 Å². The number of unbranched alkanes of at least 4 members (excludes halogenated alkanes) is 5. The molecule has 0 aromatic heterocycles. The van der Waals surface area contributed by atoms with Gasteiger partial charge in [-0.25, -0.2) is 0 Å². The van der Waals surface area contributed by atoms with Crippen LogP contribution in [0.4, 0.5) is 0 Å². The summed E-state index contributed by atoms with van der Waals surface area (Å²) >= 11 is 0. The molecule has 0 unspecified atom stereocenters. The number of nitrogens with zero attached hydrogens (tertiary/aromatic N) is 3.